The van der Waals surface area contributed by atoms with Crippen LogP contribution in [0, 0.1) is 0 Å². The molecule has 0 aliphatic heterocycles. The quantitative estimate of drug-likeness (QED) is 0.577. The summed E-state index contributed by atoms with van der Waals surface area (Å²) >= 11 is 0. The maximum Gasteiger partial charge on any atom is 0.137 e. The first-order chi connectivity index (χ1) is 10.7. The second-order valence-corrected chi connectivity index (χ2v) is 5.27. The molecule has 120 valence electrons. The van der Waals surface area contributed by atoms with Crippen molar-refractivity contribution in [2.45, 2.75) is 39.2 Å². The van der Waals surface area contributed by atoms with E-state index in [0.29, 0.717) is 12.2 Å². The molecule has 0 atom stereocenters. The minimum Gasteiger partial charge on any atom is -0.399 e. The van der Waals surface area contributed by atoms with Crippen molar-refractivity contribution in [3.8, 4) is 0 Å². The molecule has 0 saturated heterocycles. The number of hydrogen-bond acceptors (Lipinski definition) is 5. The summed E-state index contributed by atoms with van der Waals surface area (Å²) in [6.07, 6.45) is 8.20. The van der Waals surface area contributed by atoms with E-state index in [-0.39, 0.29) is 6.61 Å². The second-order valence-electron chi connectivity index (χ2n) is 5.27. The fraction of sp³-hybridized carbons (Fsp3) is 0.438. The lowest BCUT2D eigenvalue weighted by Crippen LogP contribution is -2.26. The monoisotopic (exact) mass is 303 g/mol. The van der Waals surface area contributed by atoms with Crippen LogP contribution in [-0.4, -0.2) is 26.1 Å². The van der Waals surface area contributed by atoms with Crippen molar-refractivity contribution in [3.05, 3.63) is 47.7 Å². The van der Waals surface area contributed by atoms with Crippen LogP contribution in [0.5, 0.6) is 0 Å². The average Bonchev–Trinajstić information content (AvgIpc) is 3.29. The number of fused-ring (bicyclic) bond motifs is 1. The van der Waals surface area contributed by atoms with E-state index in [0.717, 1.165) is 17.3 Å². The molecule has 0 bridgehead atoms. The summed E-state index contributed by atoms with van der Waals surface area (Å²) in [7, 11) is 0. The Bertz CT molecular complexity index is 645. The van der Waals surface area contributed by atoms with Crippen molar-refractivity contribution < 1.29 is 5.11 Å². The van der Waals surface area contributed by atoms with E-state index in [4.69, 9.17) is 16.7 Å². The molecule has 2 aromatic heterocycles. The van der Waals surface area contributed by atoms with Gasteiger partial charge in [0.2, 0.25) is 0 Å². The highest BCUT2D eigenvalue weighted by atomic mass is 16.3. The molecule has 5 N–H and O–H groups in total. The Balaban J connectivity index is 0.000000847. The zero-order valence-electron chi connectivity index (χ0n) is 13.2. The Morgan fingerprint density at radius 2 is 2.14 bits per heavy atom. The van der Waals surface area contributed by atoms with E-state index in [1.807, 2.05) is 30.5 Å². The number of rotatable bonds is 5. The first kappa shape index (κ1) is 16.3. The van der Waals surface area contributed by atoms with Gasteiger partial charge in [0.25, 0.3) is 0 Å². The van der Waals surface area contributed by atoms with Gasteiger partial charge < -0.3 is 20.2 Å². The van der Waals surface area contributed by atoms with Crippen LogP contribution in [0.1, 0.15) is 43.9 Å². The molecule has 0 amide bonds. The highest BCUT2D eigenvalue weighted by molar-refractivity contribution is 5.42. The summed E-state index contributed by atoms with van der Waals surface area (Å²) in [6.45, 7) is 4.24. The predicted octanol–water partition coefficient (Wildman–Crippen LogP) is 1.71. The van der Waals surface area contributed by atoms with E-state index in [1.54, 1.807) is 0 Å². The van der Waals surface area contributed by atoms with Crippen LogP contribution in [0.15, 0.2) is 36.4 Å². The highest BCUT2D eigenvalue weighted by Gasteiger charge is 2.23. The lowest BCUT2D eigenvalue weighted by Gasteiger charge is -2.12. The van der Waals surface area contributed by atoms with Crippen molar-refractivity contribution in [2.24, 2.45) is 11.6 Å². The number of aromatic nitrogens is 2. The summed E-state index contributed by atoms with van der Waals surface area (Å²) in [5.74, 6) is 6.53. The van der Waals surface area contributed by atoms with Gasteiger partial charge in [-0.15, -0.1) is 0 Å². The molecular weight excluding hydrogens is 278 g/mol. The smallest absolute Gasteiger partial charge is 0.137 e. The molecule has 0 aromatic carbocycles. The fourth-order valence-corrected chi connectivity index (χ4v) is 2.28. The number of aliphatic hydroxyl groups is 1. The van der Waals surface area contributed by atoms with Gasteiger partial charge in [-0.05, 0) is 30.4 Å². The average molecular weight is 303 g/mol. The molecule has 1 fully saturated rings. The van der Waals surface area contributed by atoms with E-state index in [1.165, 1.54) is 29.6 Å². The largest absolute Gasteiger partial charge is 0.399 e. The zero-order chi connectivity index (χ0) is 16.1. The van der Waals surface area contributed by atoms with Gasteiger partial charge in [-0.2, -0.15) is 0 Å². The molecular formula is C16H25N5O. The van der Waals surface area contributed by atoms with Crippen LogP contribution in [0.4, 0.5) is 0 Å². The topological polar surface area (TPSA) is 92.8 Å². The van der Waals surface area contributed by atoms with E-state index >= 15 is 0 Å². The third-order valence-corrected chi connectivity index (χ3v) is 3.43. The molecule has 1 aliphatic carbocycles. The summed E-state index contributed by atoms with van der Waals surface area (Å²) in [5.41, 5.74) is 9.00. The van der Waals surface area contributed by atoms with Gasteiger partial charge in [0.05, 0.1) is 24.5 Å². The van der Waals surface area contributed by atoms with Crippen LogP contribution < -0.4 is 11.6 Å². The number of aliphatic hydroxyl groups excluding tert-OH is 1. The molecule has 2 heterocycles. The number of nitrogens with zero attached hydrogens (tertiary/aromatic N) is 3. The van der Waals surface area contributed by atoms with Crippen molar-refractivity contribution in [1.29, 1.82) is 0 Å². The molecule has 2 aromatic rings. The van der Waals surface area contributed by atoms with Crippen molar-refractivity contribution >= 4 is 5.65 Å². The summed E-state index contributed by atoms with van der Waals surface area (Å²) < 4.78 is 2.04. The first-order valence-electron chi connectivity index (χ1n) is 7.71. The maximum atomic E-state index is 8.86. The lowest BCUT2D eigenvalue weighted by atomic mass is 10.2. The zero-order valence-corrected chi connectivity index (χ0v) is 13.2. The van der Waals surface area contributed by atoms with Crippen molar-refractivity contribution in [2.75, 3.05) is 6.61 Å². The Morgan fingerprint density at radius 3 is 2.77 bits per heavy atom. The number of nitrogens with two attached hydrogens (primary N) is 2. The number of imidazole rings is 1. The molecule has 0 unspecified atom stereocenters. The lowest BCUT2D eigenvalue weighted by molar-refractivity contribution is 0.317. The molecule has 3 rings (SSSR count). The minimum absolute atomic E-state index is 0.205. The van der Waals surface area contributed by atoms with E-state index in [9.17, 15) is 0 Å². The van der Waals surface area contributed by atoms with Gasteiger partial charge in [-0.3, -0.25) is 0 Å². The molecule has 0 spiro atoms. The van der Waals surface area contributed by atoms with Crippen LogP contribution >= 0.6 is 0 Å². The molecule has 6 heteroatoms. The van der Waals surface area contributed by atoms with Crippen LogP contribution in [0.3, 0.4) is 0 Å². The van der Waals surface area contributed by atoms with E-state index < -0.39 is 0 Å². The number of hydrogen-bond donors (Lipinski definition) is 3. The van der Waals surface area contributed by atoms with Gasteiger partial charge in [-0.25, -0.2) is 10.8 Å². The number of hydrazine groups is 1. The second kappa shape index (κ2) is 7.29. The van der Waals surface area contributed by atoms with Gasteiger partial charge in [-0.1, -0.05) is 19.9 Å². The Hall–Kier alpha value is -2.05. The molecule has 6 nitrogen and oxygen atoms in total. The van der Waals surface area contributed by atoms with Gasteiger partial charge in [0.1, 0.15) is 5.65 Å². The SMILES string of the molecule is CC.N/C(=C\N(N)Cc1cn2cc(C3CC3)ccc2n1)CO. The molecule has 1 aliphatic rings. The third kappa shape index (κ3) is 3.99. The van der Waals surface area contributed by atoms with Crippen molar-refractivity contribution in [3.63, 3.8) is 0 Å². The van der Waals surface area contributed by atoms with E-state index in [2.05, 4.69) is 17.2 Å². The summed E-state index contributed by atoms with van der Waals surface area (Å²) in [4.78, 5) is 4.52. The third-order valence-electron chi connectivity index (χ3n) is 3.43. The van der Waals surface area contributed by atoms with Crippen LogP contribution in [0.25, 0.3) is 5.65 Å². The van der Waals surface area contributed by atoms with Gasteiger partial charge in [0.15, 0.2) is 0 Å². The van der Waals surface area contributed by atoms with Crippen molar-refractivity contribution in [1.82, 2.24) is 14.4 Å². The highest BCUT2D eigenvalue weighted by Crippen LogP contribution is 2.39. The van der Waals surface area contributed by atoms with Gasteiger partial charge in [0, 0.05) is 18.6 Å². The first-order valence-corrected chi connectivity index (χ1v) is 7.71. The Labute approximate surface area is 131 Å². The summed E-state index contributed by atoms with van der Waals surface area (Å²) in [6, 6.07) is 4.18. The van der Waals surface area contributed by atoms with Crippen LogP contribution in [-0.2, 0) is 6.54 Å². The molecule has 22 heavy (non-hydrogen) atoms. The normalized spacial score (nSPS) is 14.6. The molecule has 1 saturated carbocycles. The predicted molar refractivity (Wildman–Crippen MR) is 87.6 cm³/mol. The molecule has 0 radical (unpaired) electrons. The van der Waals surface area contributed by atoms with Gasteiger partial charge >= 0.3 is 0 Å². The summed E-state index contributed by atoms with van der Waals surface area (Å²) in [5, 5.41) is 10.3. The Kier molecular flexibility index (Phi) is 5.41. The Morgan fingerprint density at radius 1 is 1.41 bits per heavy atom. The van der Waals surface area contributed by atoms with Crippen LogP contribution in [0.2, 0.25) is 0 Å². The number of pyridine rings is 1. The standard InChI is InChI=1S/C14H19N5O.C2H6/c15-12(9-20)6-19(16)8-13-7-18-5-11(10-1-2-10)3-4-14(18)17-13;1-2/h3-7,10,20H,1-2,8-9,15-16H2;1-2H3/b12-6-;. The fourth-order valence-electron chi connectivity index (χ4n) is 2.28. The minimum atomic E-state index is -0.205. The maximum absolute atomic E-state index is 8.86.